The van der Waals surface area contributed by atoms with Crippen LogP contribution in [0.25, 0.3) is 0 Å². The highest BCUT2D eigenvalue weighted by atomic mass is 16.6. The quantitative estimate of drug-likeness (QED) is 0.680. The first kappa shape index (κ1) is 18.1. The fourth-order valence-corrected chi connectivity index (χ4v) is 1.75. The van der Waals surface area contributed by atoms with Crippen LogP contribution in [0.3, 0.4) is 0 Å². The molecule has 2 rings (SSSR count). The number of methoxy groups -OCH3 is 2. The predicted octanol–water partition coefficient (Wildman–Crippen LogP) is 2.58. The SMILES string of the molecule is COC(=O)COc1ccc(Oc2ccc(OCC(=O)OC)cc2)cc1. The Balaban J connectivity index is 1.87. The molecule has 0 aliphatic heterocycles. The molecule has 0 N–H and O–H groups in total. The van der Waals surface area contributed by atoms with Crippen LogP contribution in [0.5, 0.6) is 23.0 Å². The van der Waals surface area contributed by atoms with Crippen LogP contribution in [-0.2, 0) is 19.1 Å². The van der Waals surface area contributed by atoms with Crippen molar-refractivity contribution in [3.8, 4) is 23.0 Å². The Bertz CT molecular complexity index is 631. The summed E-state index contributed by atoms with van der Waals surface area (Å²) in [5.41, 5.74) is 0. The maximum Gasteiger partial charge on any atom is 0.343 e. The molecule has 0 saturated carbocycles. The summed E-state index contributed by atoms with van der Waals surface area (Å²) >= 11 is 0. The average Bonchev–Trinajstić information content (AvgIpc) is 2.66. The van der Waals surface area contributed by atoms with Crippen molar-refractivity contribution in [1.82, 2.24) is 0 Å². The minimum Gasteiger partial charge on any atom is -0.482 e. The highest BCUT2D eigenvalue weighted by Gasteiger charge is 2.04. The summed E-state index contributed by atoms with van der Waals surface area (Å²) in [5.74, 6) is 1.38. The normalized spacial score (nSPS) is 9.84. The van der Waals surface area contributed by atoms with Gasteiger partial charge in [0.05, 0.1) is 14.2 Å². The van der Waals surface area contributed by atoms with E-state index >= 15 is 0 Å². The summed E-state index contributed by atoms with van der Waals surface area (Å²) in [5, 5.41) is 0. The fraction of sp³-hybridized carbons (Fsp3) is 0.222. The molecule has 2 aromatic carbocycles. The molecule has 0 amide bonds. The summed E-state index contributed by atoms with van der Waals surface area (Å²) in [7, 11) is 2.60. The van der Waals surface area contributed by atoms with Crippen molar-refractivity contribution >= 4 is 11.9 Å². The van der Waals surface area contributed by atoms with E-state index in [0.717, 1.165) is 0 Å². The Morgan fingerprint density at radius 1 is 0.640 bits per heavy atom. The molecular formula is C18H18O7. The molecule has 0 saturated heterocycles. The van der Waals surface area contributed by atoms with Gasteiger partial charge >= 0.3 is 11.9 Å². The minimum absolute atomic E-state index is 0.149. The number of ether oxygens (including phenoxy) is 5. The first-order valence-electron chi connectivity index (χ1n) is 7.38. The third-order valence-electron chi connectivity index (χ3n) is 3.05. The highest BCUT2D eigenvalue weighted by Crippen LogP contribution is 2.25. The molecule has 0 atom stereocenters. The third kappa shape index (κ3) is 6.06. The number of carbonyl (C=O) groups excluding carboxylic acids is 2. The lowest BCUT2D eigenvalue weighted by molar-refractivity contribution is -0.143. The molecule has 7 heteroatoms. The lowest BCUT2D eigenvalue weighted by Gasteiger charge is -2.09. The zero-order valence-corrected chi connectivity index (χ0v) is 13.9. The van der Waals surface area contributed by atoms with E-state index < -0.39 is 11.9 Å². The molecule has 0 aliphatic carbocycles. The Labute approximate surface area is 145 Å². The third-order valence-corrected chi connectivity index (χ3v) is 3.05. The van der Waals surface area contributed by atoms with E-state index in [2.05, 4.69) is 9.47 Å². The number of esters is 2. The Hall–Kier alpha value is -3.22. The van der Waals surface area contributed by atoms with E-state index in [1.165, 1.54) is 14.2 Å². The molecular weight excluding hydrogens is 328 g/mol. The highest BCUT2D eigenvalue weighted by molar-refractivity contribution is 5.71. The largest absolute Gasteiger partial charge is 0.482 e. The molecule has 0 heterocycles. The maximum absolute atomic E-state index is 11.0. The molecule has 0 bridgehead atoms. The standard InChI is InChI=1S/C18H18O7/c1-21-17(19)11-23-13-3-7-15(8-4-13)25-16-9-5-14(6-10-16)24-12-18(20)22-2/h3-10H,11-12H2,1-2H3. The van der Waals surface area contributed by atoms with Crippen molar-refractivity contribution in [2.45, 2.75) is 0 Å². The monoisotopic (exact) mass is 346 g/mol. The average molecular weight is 346 g/mol. The zero-order valence-electron chi connectivity index (χ0n) is 13.9. The number of hydrogen-bond acceptors (Lipinski definition) is 7. The first-order chi connectivity index (χ1) is 12.1. The van der Waals surface area contributed by atoms with Gasteiger partial charge in [0, 0.05) is 0 Å². The smallest absolute Gasteiger partial charge is 0.343 e. The van der Waals surface area contributed by atoms with Gasteiger partial charge in [-0.15, -0.1) is 0 Å². The van der Waals surface area contributed by atoms with Gasteiger partial charge in [-0.05, 0) is 48.5 Å². The van der Waals surface area contributed by atoms with Crippen LogP contribution in [0.4, 0.5) is 0 Å². The summed E-state index contributed by atoms with van der Waals surface area (Å²) < 4.78 is 25.2. The molecule has 0 aliphatic rings. The van der Waals surface area contributed by atoms with Gasteiger partial charge in [-0.3, -0.25) is 0 Å². The molecule has 132 valence electrons. The van der Waals surface area contributed by atoms with Crippen LogP contribution in [0.2, 0.25) is 0 Å². The van der Waals surface area contributed by atoms with E-state index in [0.29, 0.717) is 23.0 Å². The fourth-order valence-electron chi connectivity index (χ4n) is 1.75. The second kappa shape index (κ2) is 9.17. The van der Waals surface area contributed by atoms with Gasteiger partial charge in [-0.25, -0.2) is 9.59 Å². The van der Waals surface area contributed by atoms with Crippen molar-refractivity contribution in [3.63, 3.8) is 0 Å². The van der Waals surface area contributed by atoms with Crippen molar-refractivity contribution < 1.29 is 33.3 Å². The Morgan fingerprint density at radius 3 is 1.28 bits per heavy atom. The first-order valence-corrected chi connectivity index (χ1v) is 7.38. The Kier molecular flexibility index (Phi) is 6.65. The lowest BCUT2D eigenvalue weighted by Crippen LogP contribution is -2.12. The summed E-state index contributed by atoms with van der Waals surface area (Å²) in [6, 6.07) is 13.6. The molecule has 0 aromatic heterocycles. The molecule has 7 nitrogen and oxygen atoms in total. The van der Waals surface area contributed by atoms with Gasteiger partial charge in [-0.2, -0.15) is 0 Å². The zero-order chi connectivity index (χ0) is 18.1. The van der Waals surface area contributed by atoms with Crippen LogP contribution in [-0.4, -0.2) is 39.4 Å². The van der Waals surface area contributed by atoms with Crippen molar-refractivity contribution in [3.05, 3.63) is 48.5 Å². The van der Waals surface area contributed by atoms with E-state index in [-0.39, 0.29) is 13.2 Å². The molecule has 0 unspecified atom stereocenters. The molecule has 0 fully saturated rings. The van der Waals surface area contributed by atoms with Crippen LogP contribution >= 0.6 is 0 Å². The van der Waals surface area contributed by atoms with Crippen molar-refractivity contribution in [2.24, 2.45) is 0 Å². The van der Waals surface area contributed by atoms with Crippen LogP contribution in [0.1, 0.15) is 0 Å². The summed E-state index contributed by atoms with van der Waals surface area (Å²) in [4.78, 5) is 22.0. The van der Waals surface area contributed by atoms with Crippen LogP contribution in [0, 0.1) is 0 Å². The topological polar surface area (TPSA) is 80.3 Å². The van der Waals surface area contributed by atoms with Crippen molar-refractivity contribution in [1.29, 1.82) is 0 Å². The number of rotatable bonds is 8. The summed E-state index contributed by atoms with van der Waals surface area (Å²) in [6.45, 7) is -0.298. The number of carbonyl (C=O) groups is 2. The van der Waals surface area contributed by atoms with E-state index in [1.54, 1.807) is 48.5 Å². The number of hydrogen-bond donors (Lipinski definition) is 0. The predicted molar refractivity (Wildman–Crippen MR) is 88.0 cm³/mol. The van der Waals surface area contributed by atoms with E-state index in [1.807, 2.05) is 0 Å². The van der Waals surface area contributed by atoms with Crippen LogP contribution in [0.15, 0.2) is 48.5 Å². The summed E-state index contributed by atoms with van der Waals surface area (Å²) in [6.07, 6.45) is 0. The number of benzene rings is 2. The van der Waals surface area contributed by atoms with E-state index in [9.17, 15) is 9.59 Å². The second-order valence-corrected chi connectivity index (χ2v) is 4.77. The van der Waals surface area contributed by atoms with Gasteiger partial charge in [-0.1, -0.05) is 0 Å². The van der Waals surface area contributed by atoms with Crippen LogP contribution < -0.4 is 14.2 Å². The second-order valence-electron chi connectivity index (χ2n) is 4.77. The van der Waals surface area contributed by atoms with Gasteiger partial charge < -0.3 is 23.7 Å². The van der Waals surface area contributed by atoms with Crippen molar-refractivity contribution in [2.75, 3.05) is 27.4 Å². The molecule has 0 spiro atoms. The minimum atomic E-state index is -0.449. The lowest BCUT2D eigenvalue weighted by atomic mass is 10.3. The van der Waals surface area contributed by atoms with Gasteiger partial charge in [0.25, 0.3) is 0 Å². The van der Waals surface area contributed by atoms with Gasteiger partial charge in [0.2, 0.25) is 0 Å². The molecule has 0 radical (unpaired) electrons. The van der Waals surface area contributed by atoms with E-state index in [4.69, 9.17) is 14.2 Å². The maximum atomic E-state index is 11.0. The Morgan fingerprint density at radius 2 is 0.960 bits per heavy atom. The van der Waals surface area contributed by atoms with Gasteiger partial charge in [0.15, 0.2) is 13.2 Å². The molecule has 2 aromatic rings. The molecule has 25 heavy (non-hydrogen) atoms. The van der Waals surface area contributed by atoms with Gasteiger partial charge in [0.1, 0.15) is 23.0 Å².